The van der Waals surface area contributed by atoms with E-state index >= 15 is 0 Å². The number of rotatable bonds is 8. The van der Waals surface area contributed by atoms with E-state index in [-0.39, 0.29) is 17.8 Å². The highest BCUT2D eigenvalue weighted by molar-refractivity contribution is 5.94. The lowest BCUT2D eigenvalue weighted by Crippen LogP contribution is -2.38. The van der Waals surface area contributed by atoms with E-state index in [1.165, 1.54) is 7.11 Å². The summed E-state index contributed by atoms with van der Waals surface area (Å²) in [6.45, 7) is 4.80. The number of nitrogens with zero attached hydrogens (tertiary/aromatic N) is 1. The Labute approximate surface area is 132 Å². The highest BCUT2D eigenvalue weighted by Crippen LogP contribution is 2.16. The standard InChI is InChI=1S/C17H25NO4/c1-5-6-10-18(12-13(2)17(20)22-4)16(19)14-8-7-9-15(11-14)21-3/h7-9,11,13H,5-6,10,12H2,1-4H3. The lowest BCUT2D eigenvalue weighted by Gasteiger charge is -2.25. The van der Waals surface area contributed by atoms with Gasteiger partial charge in [0.15, 0.2) is 0 Å². The summed E-state index contributed by atoms with van der Waals surface area (Å²) >= 11 is 0. The first-order valence-electron chi connectivity index (χ1n) is 7.54. The summed E-state index contributed by atoms with van der Waals surface area (Å²) in [4.78, 5) is 26.0. The van der Waals surface area contributed by atoms with Gasteiger partial charge in [-0.3, -0.25) is 9.59 Å². The zero-order valence-corrected chi connectivity index (χ0v) is 13.8. The molecule has 0 aliphatic rings. The smallest absolute Gasteiger partial charge is 0.310 e. The summed E-state index contributed by atoms with van der Waals surface area (Å²) in [7, 11) is 2.93. The Kier molecular flexibility index (Phi) is 7.43. The van der Waals surface area contributed by atoms with Crippen LogP contribution < -0.4 is 4.74 Å². The van der Waals surface area contributed by atoms with Gasteiger partial charge in [0.2, 0.25) is 0 Å². The van der Waals surface area contributed by atoms with Gasteiger partial charge in [0.25, 0.3) is 5.91 Å². The molecular formula is C17H25NO4. The third-order valence-corrected chi connectivity index (χ3v) is 3.48. The first-order valence-corrected chi connectivity index (χ1v) is 7.54. The van der Waals surface area contributed by atoms with Crippen molar-refractivity contribution in [3.63, 3.8) is 0 Å². The van der Waals surface area contributed by atoms with Crippen molar-refractivity contribution in [1.82, 2.24) is 4.90 Å². The number of carbonyl (C=O) groups excluding carboxylic acids is 2. The Hall–Kier alpha value is -2.04. The topological polar surface area (TPSA) is 55.8 Å². The van der Waals surface area contributed by atoms with Crippen LogP contribution >= 0.6 is 0 Å². The Balaban J connectivity index is 2.89. The summed E-state index contributed by atoms with van der Waals surface area (Å²) in [5, 5.41) is 0. The largest absolute Gasteiger partial charge is 0.497 e. The molecule has 22 heavy (non-hydrogen) atoms. The maximum absolute atomic E-state index is 12.7. The van der Waals surface area contributed by atoms with Crippen LogP contribution in [0.1, 0.15) is 37.0 Å². The summed E-state index contributed by atoms with van der Waals surface area (Å²) < 4.78 is 9.90. The number of hydrogen-bond donors (Lipinski definition) is 0. The number of carbonyl (C=O) groups is 2. The molecule has 0 saturated carbocycles. The van der Waals surface area contributed by atoms with E-state index in [0.29, 0.717) is 24.4 Å². The van der Waals surface area contributed by atoms with E-state index in [1.807, 2.05) is 0 Å². The van der Waals surface area contributed by atoms with Gasteiger partial charge in [0.1, 0.15) is 5.75 Å². The number of amides is 1. The zero-order chi connectivity index (χ0) is 16.5. The predicted molar refractivity (Wildman–Crippen MR) is 85.0 cm³/mol. The van der Waals surface area contributed by atoms with E-state index in [4.69, 9.17) is 9.47 Å². The normalized spacial score (nSPS) is 11.6. The van der Waals surface area contributed by atoms with Crippen LogP contribution in [0.3, 0.4) is 0 Å². The lowest BCUT2D eigenvalue weighted by molar-refractivity contribution is -0.145. The maximum atomic E-state index is 12.7. The van der Waals surface area contributed by atoms with E-state index in [1.54, 1.807) is 43.2 Å². The van der Waals surface area contributed by atoms with Crippen LogP contribution in [0.25, 0.3) is 0 Å². The molecule has 0 aliphatic carbocycles. The third-order valence-electron chi connectivity index (χ3n) is 3.48. The molecule has 0 aliphatic heterocycles. The van der Waals surface area contributed by atoms with Crippen molar-refractivity contribution in [2.45, 2.75) is 26.7 Å². The van der Waals surface area contributed by atoms with Crippen LogP contribution in [0.5, 0.6) is 5.75 Å². The van der Waals surface area contributed by atoms with Gasteiger partial charge in [-0.15, -0.1) is 0 Å². The fourth-order valence-electron chi connectivity index (χ4n) is 2.17. The quantitative estimate of drug-likeness (QED) is 0.693. The molecule has 5 nitrogen and oxygen atoms in total. The number of hydrogen-bond acceptors (Lipinski definition) is 4. The van der Waals surface area contributed by atoms with Crippen molar-refractivity contribution in [2.24, 2.45) is 5.92 Å². The Morgan fingerprint density at radius 2 is 2.00 bits per heavy atom. The molecule has 0 aromatic heterocycles. The van der Waals surface area contributed by atoms with Gasteiger partial charge in [-0.2, -0.15) is 0 Å². The van der Waals surface area contributed by atoms with Gasteiger partial charge in [0, 0.05) is 18.7 Å². The maximum Gasteiger partial charge on any atom is 0.310 e. The van der Waals surface area contributed by atoms with Crippen LogP contribution in [-0.4, -0.2) is 44.1 Å². The fraction of sp³-hybridized carbons (Fsp3) is 0.529. The predicted octanol–water partition coefficient (Wildman–Crippen LogP) is 2.75. The van der Waals surface area contributed by atoms with Crippen molar-refractivity contribution in [3.05, 3.63) is 29.8 Å². The first-order chi connectivity index (χ1) is 10.5. The molecule has 0 heterocycles. The Bertz CT molecular complexity index is 501. The molecule has 1 atom stereocenters. The summed E-state index contributed by atoms with van der Waals surface area (Å²) in [5.74, 6) is -0.109. The minimum Gasteiger partial charge on any atom is -0.497 e. The lowest BCUT2D eigenvalue weighted by atomic mass is 10.1. The molecular weight excluding hydrogens is 282 g/mol. The molecule has 122 valence electrons. The van der Waals surface area contributed by atoms with E-state index < -0.39 is 0 Å². The van der Waals surface area contributed by atoms with Gasteiger partial charge in [0.05, 0.1) is 20.1 Å². The minimum absolute atomic E-state index is 0.0943. The van der Waals surface area contributed by atoms with Crippen LogP contribution in [0, 0.1) is 5.92 Å². The van der Waals surface area contributed by atoms with Gasteiger partial charge >= 0.3 is 5.97 Å². The average Bonchev–Trinajstić information content (AvgIpc) is 2.56. The molecule has 0 radical (unpaired) electrons. The molecule has 0 fully saturated rings. The average molecular weight is 307 g/mol. The van der Waals surface area contributed by atoms with Crippen LogP contribution in [0.2, 0.25) is 0 Å². The molecule has 0 spiro atoms. The van der Waals surface area contributed by atoms with Gasteiger partial charge < -0.3 is 14.4 Å². The van der Waals surface area contributed by atoms with Gasteiger partial charge in [-0.05, 0) is 24.6 Å². The Morgan fingerprint density at radius 1 is 1.27 bits per heavy atom. The zero-order valence-electron chi connectivity index (χ0n) is 13.8. The van der Waals surface area contributed by atoms with Crippen LogP contribution in [0.4, 0.5) is 0 Å². The van der Waals surface area contributed by atoms with Crippen molar-refractivity contribution < 1.29 is 19.1 Å². The van der Waals surface area contributed by atoms with Crippen LogP contribution in [0.15, 0.2) is 24.3 Å². The molecule has 0 N–H and O–H groups in total. The molecule has 1 rings (SSSR count). The second-order valence-electron chi connectivity index (χ2n) is 5.26. The van der Waals surface area contributed by atoms with Crippen molar-refractivity contribution >= 4 is 11.9 Å². The van der Waals surface area contributed by atoms with Crippen molar-refractivity contribution in [2.75, 3.05) is 27.3 Å². The number of benzene rings is 1. The van der Waals surface area contributed by atoms with Crippen molar-refractivity contribution in [1.29, 1.82) is 0 Å². The molecule has 1 aromatic rings. The minimum atomic E-state index is -0.351. The van der Waals surface area contributed by atoms with Crippen molar-refractivity contribution in [3.8, 4) is 5.75 Å². The Morgan fingerprint density at radius 3 is 2.59 bits per heavy atom. The molecule has 0 bridgehead atoms. The van der Waals surface area contributed by atoms with E-state index in [2.05, 4.69) is 6.92 Å². The fourth-order valence-corrected chi connectivity index (χ4v) is 2.17. The highest BCUT2D eigenvalue weighted by atomic mass is 16.5. The van der Waals surface area contributed by atoms with Gasteiger partial charge in [-0.1, -0.05) is 26.3 Å². The number of esters is 1. The van der Waals surface area contributed by atoms with E-state index in [9.17, 15) is 9.59 Å². The second kappa shape index (κ2) is 9.07. The molecule has 1 amide bonds. The molecule has 1 aromatic carbocycles. The number of methoxy groups -OCH3 is 2. The second-order valence-corrected chi connectivity index (χ2v) is 5.26. The number of unbranched alkanes of at least 4 members (excludes halogenated alkanes) is 1. The number of ether oxygens (including phenoxy) is 2. The highest BCUT2D eigenvalue weighted by Gasteiger charge is 2.22. The monoisotopic (exact) mass is 307 g/mol. The molecule has 1 unspecified atom stereocenters. The van der Waals surface area contributed by atoms with Crippen LogP contribution in [-0.2, 0) is 9.53 Å². The molecule has 5 heteroatoms. The molecule has 0 saturated heterocycles. The van der Waals surface area contributed by atoms with E-state index in [0.717, 1.165) is 12.8 Å². The summed E-state index contributed by atoms with van der Waals surface area (Å²) in [6.07, 6.45) is 1.87. The SMILES string of the molecule is CCCCN(CC(C)C(=O)OC)C(=O)c1cccc(OC)c1. The summed E-state index contributed by atoms with van der Waals surface area (Å²) in [6, 6.07) is 7.05. The first kappa shape index (κ1) is 18.0. The summed E-state index contributed by atoms with van der Waals surface area (Å²) in [5.41, 5.74) is 0.563. The van der Waals surface area contributed by atoms with Gasteiger partial charge in [-0.25, -0.2) is 0 Å². The third kappa shape index (κ3) is 5.06.